The third-order valence-electron chi connectivity index (χ3n) is 4.88. The van der Waals surface area contributed by atoms with E-state index < -0.39 is 0 Å². The number of aryl methyl sites for hydroxylation is 1. The zero-order valence-corrected chi connectivity index (χ0v) is 15.5. The van der Waals surface area contributed by atoms with Gasteiger partial charge in [0.1, 0.15) is 5.82 Å². The molecule has 1 aliphatic heterocycles. The summed E-state index contributed by atoms with van der Waals surface area (Å²) in [6.45, 7) is 8.09. The van der Waals surface area contributed by atoms with E-state index in [1.807, 2.05) is 36.5 Å². The van der Waals surface area contributed by atoms with Crippen LogP contribution in [0.2, 0.25) is 0 Å². The van der Waals surface area contributed by atoms with E-state index in [-0.39, 0.29) is 11.9 Å². The molecule has 0 N–H and O–H groups in total. The molecule has 0 aliphatic carbocycles. The third-order valence-corrected chi connectivity index (χ3v) is 4.88. The van der Waals surface area contributed by atoms with E-state index in [0.717, 1.165) is 37.3 Å². The summed E-state index contributed by atoms with van der Waals surface area (Å²) in [6.07, 6.45) is 7.58. The molecular formula is C19H27N5O. The van der Waals surface area contributed by atoms with E-state index in [0.29, 0.717) is 11.6 Å². The van der Waals surface area contributed by atoms with Crippen molar-refractivity contribution in [1.82, 2.24) is 19.7 Å². The van der Waals surface area contributed by atoms with E-state index in [9.17, 15) is 4.79 Å². The normalized spacial score (nSPS) is 17.3. The van der Waals surface area contributed by atoms with Crippen LogP contribution < -0.4 is 4.90 Å². The summed E-state index contributed by atoms with van der Waals surface area (Å²) in [5.41, 5.74) is 1.76. The summed E-state index contributed by atoms with van der Waals surface area (Å²) in [5.74, 6) is 0.970. The van der Waals surface area contributed by atoms with Crippen molar-refractivity contribution in [3.63, 3.8) is 0 Å². The Labute approximate surface area is 149 Å². The van der Waals surface area contributed by atoms with Crippen molar-refractivity contribution in [2.45, 2.75) is 45.7 Å². The highest BCUT2D eigenvalue weighted by atomic mass is 16.2. The topological polar surface area (TPSA) is 54.3 Å². The highest BCUT2D eigenvalue weighted by molar-refractivity contribution is 5.94. The fourth-order valence-corrected chi connectivity index (χ4v) is 3.61. The number of pyridine rings is 1. The van der Waals surface area contributed by atoms with Crippen molar-refractivity contribution in [1.29, 1.82) is 0 Å². The standard InChI is InChI=1S/C19H27N5O/c1-5-23(14(2)3)18-9-8-15(11-20-18)19(25)24-10-6-7-17(24)16-12-21-22(4)13-16/h8-9,11-14,17H,5-7,10H2,1-4H3/t17-/m0/s1. The van der Waals surface area contributed by atoms with Gasteiger partial charge in [0.2, 0.25) is 0 Å². The molecule has 6 nitrogen and oxygen atoms in total. The number of rotatable bonds is 5. The molecule has 2 aromatic rings. The van der Waals surface area contributed by atoms with Gasteiger partial charge in [-0.15, -0.1) is 0 Å². The maximum Gasteiger partial charge on any atom is 0.255 e. The number of likely N-dealkylation sites (tertiary alicyclic amines) is 1. The minimum atomic E-state index is 0.0537. The third kappa shape index (κ3) is 3.52. The summed E-state index contributed by atoms with van der Waals surface area (Å²) in [5, 5.41) is 4.25. The first-order valence-electron chi connectivity index (χ1n) is 9.03. The molecule has 25 heavy (non-hydrogen) atoms. The van der Waals surface area contributed by atoms with Crippen molar-refractivity contribution < 1.29 is 4.79 Å². The van der Waals surface area contributed by atoms with Crippen LogP contribution in [0.1, 0.15) is 55.6 Å². The quantitative estimate of drug-likeness (QED) is 0.839. The van der Waals surface area contributed by atoms with Crippen molar-refractivity contribution >= 4 is 11.7 Å². The highest BCUT2D eigenvalue weighted by Crippen LogP contribution is 2.32. The zero-order valence-electron chi connectivity index (χ0n) is 15.5. The second-order valence-electron chi connectivity index (χ2n) is 6.89. The SMILES string of the molecule is CCN(c1ccc(C(=O)N2CCC[C@H]2c2cnn(C)c2)cn1)C(C)C. The van der Waals surface area contributed by atoms with Gasteiger partial charge in [0.15, 0.2) is 0 Å². The van der Waals surface area contributed by atoms with E-state index in [2.05, 4.69) is 35.8 Å². The first-order chi connectivity index (χ1) is 12.0. The van der Waals surface area contributed by atoms with Gasteiger partial charge in [-0.05, 0) is 45.7 Å². The number of anilines is 1. The molecule has 1 amide bonds. The number of aromatic nitrogens is 3. The van der Waals surface area contributed by atoms with Crippen molar-refractivity contribution in [3.8, 4) is 0 Å². The van der Waals surface area contributed by atoms with Crippen LogP contribution in [-0.4, -0.2) is 44.7 Å². The molecule has 0 bridgehead atoms. The number of amides is 1. The van der Waals surface area contributed by atoms with Crippen molar-refractivity contribution in [2.75, 3.05) is 18.0 Å². The van der Waals surface area contributed by atoms with Crippen LogP contribution in [0.15, 0.2) is 30.7 Å². The van der Waals surface area contributed by atoms with Crippen molar-refractivity contribution in [2.24, 2.45) is 7.05 Å². The smallest absolute Gasteiger partial charge is 0.255 e. The van der Waals surface area contributed by atoms with E-state index >= 15 is 0 Å². The van der Waals surface area contributed by atoms with Gasteiger partial charge in [-0.25, -0.2) is 4.98 Å². The second-order valence-corrected chi connectivity index (χ2v) is 6.89. The molecule has 0 saturated carbocycles. The molecule has 134 valence electrons. The van der Waals surface area contributed by atoms with E-state index in [1.165, 1.54) is 0 Å². The van der Waals surface area contributed by atoms with Gasteiger partial charge in [-0.2, -0.15) is 5.10 Å². The van der Waals surface area contributed by atoms with Crippen LogP contribution in [0, 0.1) is 0 Å². The Bertz CT molecular complexity index is 722. The Morgan fingerprint density at radius 1 is 1.36 bits per heavy atom. The van der Waals surface area contributed by atoms with Gasteiger partial charge in [0, 0.05) is 44.1 Å². The van der Waals surface area contributed by atoms with Gasteiger partial charge in [-0.3, -0.25) is 9.48 Å². The molecule has 0 aromatic carbocycles. The van der Waals surface area contributed by atoms with Gasteiger partial charge < -0.3 is 9.80 Å². The number of nitrogens with zero attached hydrogens (tertiary/aromatic N) is 5. The minimum Gasteiger partial charge on any atom is -0.354 e. The molecular weight excluding hydrogens is 314 g/mol. The molecule has 1 saturated heterocycles. The molecule has 3 heterocycles. The lowest BCUT2D eigenvalue weighted by Gasteiger charge is -2.27. The zero-order chi connectivity index (χ0) is 18.0. The van der Waals surface area contributed by atoms with Crippen LogP contribution in [0.3, 0.4) is 0 Å². The molecule has 1 fully saturated rings. The molecule has 0 spiro atoms. The van der Waals surface area contributed by atoms with E-state index in [4.69, 9.17) is 0 Å². The van der Waals surface area contributed by atoms with E-state index in [1.54, 1.807) is 10.9 Å². The number of hydrogen-bond acceptors (Lipinski definition) is 4. The Hall–Kier alpha value is -2.37. The Kier molecular flexibility index (Phi) is 5.06. The summed E-state index contributed by atoms with van der Waals surface area (Å²) in [7, 11) is 1.90. The Morgan fingerprint density at radius 3 is 2.72 bits per heavy atom. The average molecular weight is 341 g/mol. The molecule has 6 heteroatoms. The lowest BCUT2D eigenvalue weighted by atomic mass is 10.1. The van der Waals surface area contributed by atoms with Gasteiger partial charge >= 0.3 is 0 Å². The molecule has 0 unspecified atom stereocenters. The van der Waals surface area contributed by atoms with Crippen LogP contribution in [0.4, 0.5) is 5.82 Å². The van der Waals surface area contributed by atoms with Crippen LogP contribution in [0.5, 0.6) is 0 Å². The Balaban J connectivity index is 1.78. The summed E-state index contributed by atoms with van der Waals surface area (Å²) < 4.78 is 1.79. The van der Waals surface area contributed by atoms with Gasteiger partial charge in [-0.1, -0.05) is 0 Å². The van der Waals surface area contributed by atoms with Gasteiger partial charge in [0.25, 0.3) is 5.91 Å². The molecule has 2 aromatic heterocycles. The second kappa shape index (κ2) is 7.25. The summed E-state index contributed by atoms with van der Waals surface area (Å²) >= 11 is 0. The first kappa shape index (κ1) is 17.5. The molecule has 3 rings (SSSR count). The summed E-state index contributed by atoms with van der Waals surface area (Å²) in [6, 6.07) is 4.34. The molecule has 1 aliphatic rings. The maximum atomic E-state index is 13.0. The highest BCUT2D eigenvalue weighted by Gasteiger charge is 2.31. The minimum absolute atomic E-state index is 0.0537. The maximum absolute atomic E-state index is 13.0. The number of hydrogen-bond donors (Lipinski definition) is 0. The van der Waals surface area contributed by atoms with Crippen molar-refractivity contribution in [3.05, 3.63) is 41.9 Å². The van der Waals surface area contributed by atoms with Crippen LogP contribution in [0.25, 0.3) is 0 Å². The number of carbonyl (C=O) groups is 1. The average Bonchev–Trinajstić information content (AvgIpc) is 3.23. The molecule has 1 atom stereocenters. The number of carbonyl (C=O) groups excluding carboxylic acids is 1. The predicted octanol–water partition coefficient (Wildman–Crippen LogP) is 3.03. The largest absolute Gasteiger partial charge is 0.354 e. The molecule has 0 radical (unpaired) electrons. The van der Waals surface area contributed by atoms with Crippen LogP contribution >= 0.6 is 0 Å². The van der Waals surface area contributed by atoms with Crippen LogP contribution in [-0.2, 0) is 7.05 Å². The first-order valence-corrected chi connectivity index (χ1v) is 9.03. The lowest BCUT2D eigenvalue weighted by Crippen LogP contribution is -2.32. The fourth-order valence-electron chi connectivity index (χ4n) is 3.61. The summed E-state index contributed by atoms with van der Waals surface area (Å²) in [4.78, 5) is 21.7. The lowest BCUT2D eigenvalue weighted by molar-refractivity contribution is 0.0735. The monoisotopic (exact) mass is 341 g/mol. The fraction of sp³-hybridized carbons (Fsp3) is 0.526. The van der Waals surface area contributed by atoms with Gasteiger partial charge in [0.05, 0.1) is 17.8 Å². The predicted molar refractivity (Wildman–Crippen MR) is 98.6 cm³/mol. The Morgan fingerprint density at radius 2 is 2.16 bits per heavy atom.